The number of anilines is 1. The highest BCUT2D eigenvalue weighted by Gasteiger charge is 2.28. The van der Waals surface area contributed by atoms with Crippen LogP contribution in [0.25, 0.3) is 0 Å². The fourth-order valence-corrected chi connectivity index (χ4v) is 3.65. The zero-order valence-corrected chi connectivity index (χ0v) is 10.8. The van der Waals surface area contributed by atoms with E-state index in [0.29, 0.717) is 11.7 Å². The number of carbonyl (C=O) groups is 1. The molecule has 1 aliphatic carbocycles. The summed E-state index contributed by atoms with van der Waals surface area (Å²) in [5.74, 6) is 1.15. The summed E-state index contributed by atoms with van der Waals surface area (Å²) in [6.07, 6.45) is 6.34. The SMILES string of the molecule is Cn1nc(C2CCCCC2)c2c1SCC(=O)N2. The minimum Gasteiger partial charge on any atom is -0.321 e. The zero-order valence-electron chi connectivity index (χ0n) is 10.0. The third-order valence-corrected chi connectivity index (χ3v) is 4.77. The highest BCUT2D eigenvalue weighted by atomic mass is 32.2. The molecule has 1 aromatic rings. The summed E-state index contributed by atoms with van der Waals surface area (Å²) in [4.78, 5) is 11.5. The van der Waals surface area contributed by atoms with E-state index in [1.807, 2.05) is 11.7 Å². The molecular weight excluding hydrogens is 234 g/mol. The molecule has 5 heteroatoms. The van der Waals surface area contributed by atoms with Gasteiger partial charge in [0.2, 0.25) is 5.91 Å². The van der Waals surface area contributed by atoms with E-state index in [0.717, 1.165) is 16.4 Å². The summed E-state index contributed by atoms with van der Waals surface area (Å²) in [6.45, 7) is 0. The number of nitrogens with zero attached hydrogens (tertiary/aromatic N) is 2. The van der Waals surface area contributed by atoms with Crippen LogP contribution >= 0.6 is 11.8 Å². The average molecular weight is 251 g/mol. The van der Waals surface area contributed by atoms with Crippen LogP contribution in [0.4, 0.5) is 5.69 Å². The van der Waals surface area contributed by atoms with Crippen LogP contribution in [-0.4, -0.2) is 21.4 Å². The van der Waals surface area contributed by atoms with Gasteiger partial charge in [-0.25, -0.2) is 0 Å². The van der Waals surface area contributed by atoms with Gasteiger partial charge in [0, 0.05) is 13.0 Å². The van der Waals surface area contributed by atoms with Gasteiger partial charge < -0.3 is 5.32 Å². The Labute approximate surface area is 105 Å². The topological polar surface area (TPSA) is 46.9 Å². The number of hydrogen-bond acceptors (Lipinski definition) is 3. The lowest BCUT2D eigenvalue weighted by molar-refractivity contribution is -0.113. The van der Waals surface area contributed by atoms with Crippen LogP contribution in [0, 0.1) is 0 Å². The Morgan fingerprint density at radius 2 is 2.12 bits per heavy atom. The molecule has 3 rings (SSSR count). The second kappa shape index (κ2) is 4.37. The third-order valence-electron chi connectivity index (χ3n) is 3.62. The van der Waals surface area contributed by atoms with Gasteiger partial charge in [-0.2, -0.15) is 5.10 Å². The molecule has 1 aromatic heterocycles. The number of amides is 1. The Balaban J connectivity index is 1.96. The van der Waals surface area contributed by atoms with Crippen molar-refractivity contribution in [2.24, 2.45) is 7.05 Å². The Kier molecular flexibility index (Phi) is 2.86. The van der Waals surface area contributed by atoms with Gasteiger partial charge >= 0.3 is 0 Å². The van der Waals surface area contributed by atoms with Crippen molar-refractivity contribution in [3.63, 3.8) is 0 Å². The largest absolute Gasteiger partial charge is 0.321 e. The normalized spacial score (nSPS) is 21.1. The number of aryl methyl sites for hydroxylation is 1. The molecule has 1 aliphatic heterocycles. The van der Waals surface area contributed by atoms with Crippen LogP contribution < -0.4 is 5.32 Å². The summed E-state index contributed by atoms with van der Waals surface area (Å²) < 4.78 is 1.92. The number of nitrogens with one attached hydrogen (secondary N) is 1. The molecule has 0 bridgehead atoms. The Bertz CT molecular complexity index is 449. The Morgan fingerprint density at radius 3 is 2.88 bits per heavy atom. The molecule has 0 radical (unpaired) electrons. The molecule has 17 heavy (non-hydrogen) atoms. The van der Waals surface area contributed by atoms with Gasteiger partial charge in [0.05, 0.1) is 17.1 Å². The van der Waals surface area contributed by atoms with Gasteiger partial charge in [-0.3, -0.25) is 9.48 Å². The van der Waals surface area contributed by atoms with E-state index >= 15 is 0 Å². The van der Waals surface area contributed by atoms with E-state index in [-0.39, 0.29) is 5.91 Å². The molecule has 0 unspecified atom stereocenters. The van der Waals surface area contributed by atoms with E-state index in [1.54, 1.807) is 11.8 Å². The summed E-state index contributed by atoms with van der Waals surface area (Å²) in [5.41, 5.74) is 2.10. The molecule has 92 valence electrons. The number of fused-ring (bicyclic) bond motifs is 1. The summed E-state index contributed by atoms with van der Waals surface area (Å²) in [7, 11) is 1.97. The summed E-state index contributed by atoms with van der Waals surface area (Å²) in [5, 5.41) is 8.75. The molecule has 0 spiro atoms. The smallest absolute Gasteiger partial charge is 0.234 e. The lowest BCUT2D eigenvalue weighted by Gasteiger charge is -2.22. The summed E-state index contributed by atoms with van der Waals surface area (Å²) >= 11 is 1.60. The van der Waals surface area contributed by atoms with E-state index in [9.17, 15) is 4.79 Å². The van der Waals surface area contributed by atoms with Gasteiger partial charge in [-0.1, -0.05) is 31.0 Å². The van der Waals surface area contributed by atoms with E-state index < -0.39 is 0 Å². The highest BCUT2D eigenvalue weighted by molar-refractivity contribution is 8.00. The maximum absolute atomic E-state index is 11.5. The molecule has 2 aliphatic rings. The van der Waals surface area contributed by atoms with Gasteiger partial charge in [0.1, 0.15) is 5.03 Å². The van der Waals surface area contributed by atoms with Crippen molar-refractivity contribution in [3.8, 4) is 0 Å². The van der Waals surface area contributed by atoms with Crippen molar-refractivity contribution in [3.05, 3.63) is 5.69 Å². The molecule has 1 amide bonds. The quantitative estimate of drug-likeness (QED) is 0.834. The predicted octanol–water partition coefficient (Wildman–Crippen LogP) is 2.51. The molecule has 4 nitrogen and oxygen atoms in total. The minimum absolute atomic E-state index is 0.104. The molecule has 2 heterocycles. The molecule has 1 N–H and O–H groups in total. The average Bonchev–Trinajstić information content (AvgIpc) is 2.67. The predicted molar refractivity (Wildman–Crippen MR) is 68.4 cm³/mol. The van der Waals surface area contributed by atoms with E-state index in [2.05, 4.69) is 10.4 Å². The van der Waals surface area contributed by atoms with Crippen LogP contribution in [0.1, 0.15) is 43.7 Å². The van der Waals surface area contributed by atoms with Crippen molar-refractivity contribution < 1.29 is 4.79 Å². The zero-order chi connectivity index (χ0) is 11.8. The van der Waals surface area contributed by atoms with Crippen molar-refractivity contribution in [2.45, 2.75) is 43.0 Å². The van der Waals surface area contributed by atoms with Gasteiger partial charge in [0.25, 0.3) is 0 Å². The molecule has 1 fully saturated rings. The second-order valence-electron chi connectivity index (χ2n) is 4.86. The molecule has 1 saturated carbocycles. The number of aromatic nitrogens is 2. The van der Waals surface area contributed by atoms with Gasteiger partial charge in [-0.15, -0.1) is 0 Å². The van der Waals surface area contributed by atoms with E-state index in [4.69, 9.17) is 0 Å². The fourth-order valence-electron chi connectivity index (χ4n) is 2.78. The molecule has 0 atom stereocenters. The van der Waals surface area contributed by atoms with Crippen molar-refractivity contribution in [2.75, 3.05) is 11.1 Å². The first-order valence-corrected chi connectivity index (χ1v) is 7.24. The maximum atomic E-state index is 11.5. The van der Waals surface area contributed by atoms with Crippen LogP contribution in [0.5, 0.6) is 0 Å². The van der Waals surface area contributed by atoms with E-state index in [1.165, 1.54) is 32.1 Å². The second-order valence-corrected chi connectivity index (χ2v) is 5.82. The lowest BCUT2D eigenvalue weighted by Crippen LogP contribution is -2.20. The number of thioether (sulfide) groups is 1. The Hall–Kier alpha value is -0.970. The standard InChI is InChI=1S/C12H17N3OS/c1-15-12-11(13-9(16)7-17-12)10(14-15)8-5-3-2-4-6-8/h8H,2-7H2,1H3,(H,13,16). The Morgan fingerprint density at radius 1 is 1.35 bits per heavy atom. The molecule has 0 aromatic carbocycles. The molecular formula is C12H17N3OS. The molecule has 0 saturated heterocycles. The van der Waals surface area contributed by atoms with Crippen molar-refractivity contribution in [1.82, 2.24) is 9.78 Å². The maximum Gasteiger partial charge on any atom is 0.234 e. The first-order chi connectivity index (χ1) is 8.25. The van der Waals surface area contributed by atoms with Gasteiger partial charge in [0.15, 0.2) is 0 Å². The third kappa shape index (κ3) is 1.97. The first kappa shape index (κ1) is 11.1. The minimum atomic E-state index is 0.104. The number of rotatable bonds is 1. The van der Waals surface area contributed by atoms with Crippen LogP contribution in [0.3, 0.4) is 0 Å². The first-order valence-electron chi connectivity index (χ1n) is 6.25. The van der Waals surface area contributed by atoms with Crippen molar-refractivity contribution >= 4 is 23.4 Å². The van der Waals surface area contributed by atoms with Crippen LogP contribution in [-0.2, 0) is 11.8 Å². The van der Waals surface area contributed by atoms with Crippen molar-refractivity contribution in [1.29, 1.82) is 0 Å². The van der Waals surface area contributed by atoms with Crippen LogP contribution in [0.15, 0.2) is 5.03 Å². The lowest BCUT2D eigenvalue weighted by atomic mass is 9.86. The van der Waals surface area contributed by atoms with Crippen LogP contribution in [0.2, 0.25) is 0 Å². The number of carbonyl (C=O) groups excluding carboxylic acids is 1. The summed E-state index contributed by atoms with van der Waals surface area (Å²) in [6, 6.07) is 0. The highest BCUT2D eigenvalue weighted by Crippen LogP contribution is 2.41. The number of hydrogen-bond donors (Lipinski definition) is 1. The monoisotopic (exact) mass is 251 g/mol. The fraction of sp³-hybridized carbons (Fsp3) is 0.667. The van der Waals surface area contributed by atoms with Gasteiger partial charge in [-0.05, 0) is 12.8 Å².